The van der Waals surface area contributed by atoms with E-state index in [0.29, 0.717) is 4.90 Å². The van der Waals surface area contributed by atoms with E-state index in [0.717, 1.165) is 37.0 Å². The summed E-state index contributed by atoms with van der Waals surface area (Å²) >= 11 is 0. The molecule has 1 aliphatic carbocycles. The number of rotatable bonds is 4. The number of oxime groups is 1. The Labute approximate surface area is 114 Å². The summed E-state index contributed by atoms with van der Waals surface area (Å²) in [6, 6.07) is 6.88. The Morgan fingerprint density at radius 2 is 1.79 bits per heavy atom. The van der Waals surface area contributed by atoms with E-state index in [1.807, 2.05) is 6.92 Å². The highest BCUT2D eigenvalue weighted by molar-refractivity contribution is 7.92. The van der Waals surface area contributed by atoms with E-state index in [9.17, 15) is 8.42 Å². The molecule has 0 N–H and O–H groups in total. The van der Waals surface area contributed by atoms with E-state index >= 15 is 0 Å². The smallest absolute Gasteiger partial charge is 0.181 e. The summed E-state index contributed by atoms with van der Waals surface area (Å²) in [5.74, 6) is 0. The lowest BCUT2D eigenvalue weighted by Gasteiger charge is -2.11. The highest BCUT2D eigenvalue weighted by atomic mass is 32.2. The van der Waals surface area contributed by atoms with Gasteiger partial charge in [0.15, 0.2) is 9.84 Å². The van der Waals surface area contributed by atoms with Crippen LogP contribution >= 0.6 is 0 Å². The predicted octanol–water partition coefficient (Wildman–Crippen LogP) is 2.77. The molecule has 0 bridgehead atoms. The molecule has 0 radical (unpaired) electrons. The van der Waals surface area contributed by atoms with Crippen molar-refractivity contribution < 1.29 is 13.3 Å². The van der Waals surface area contributed by atoms with E-state index in [1.54, 1.807) is 24.3 Å². The molecule has 0 aromatic heterocycles. The summed E-state index contributed by atoms with van der Waals surface area (Å²) in [5, 5.41) is 3.63. The molecule has 1 aromatic rings. The molecular formula is C14H19NO3S. The average molecular weight is 281 g/mol. The summed E-state index contributed by atoms with van der Waals surface area (Å²) in [7, 11) is -1.68. The molecule has 4 nitrogen and oxygen atoms in total. The van der Waals surface area contributed by atoms with E-state index in [4.69, 9.17) is 4.84 Å². The molecular weight excluding hydrogens is 262 g/mol. The molecule has 0 heterocycles. The minimum absolute atomic E-state index is 0.202. The van der Waals surface area contributed by atoms with Crippen LogP contribution in [-0.4, -0.2) is 26.5 Å². The minimum atomic E-state index is -3.16. The van der Waals surface area contributed by atoms with Crippen LogP contribution in [-0.2, 0) is 14.7 Å². The zero-order valence-corrected chi connectivity index (χ0v) is 12.1. The molecule has 0 saturated heterocycles. The van der Waals surface area contributed by atoms with Crippen LogP contribution in [0.2, 0.25) is 0 Å². The Hall–Kier alpha value is -1.36. The van der Waals surface area contributed by atoms with Gasteiger partial charge in [0.2, 0.25) is 0 Å². The summed E-state index contributed by atoms with van der Waals surface area (Å²) in [6.45, 7) is 1.82. The summed E-state index contributed by atoms with van der Waals surface area (Å²) in [4.78, 5) is 5.12. The van der Waals surface area contributed by atoms with Gasteiger partial charge in [-0.3, -0.25) is 0 Å². The van der Waals surface area contributed by atoms with Gasteiger partial charge in [-0.05, 0) is 37.5 Å². The SMILES string of the molecule is CO/N=C(\C)c1ccc(S(=O)(=O)C2CCCC2)cc1. The van der Waals surface area contributed by atoms with Gasteiger partial charge >= 0.3 is 0 Å². The summed E-state index contributed by atoms with van der Waals surface area (Å²) in [5.41, 5.74) is 1.60. The highest BCUT2D eigenvalue weighted by Crippen LogP contribution is 2.29. The lowest BCUT2D eigenvalue weighted by Crippen LogP contribution is -2.17. The Kier molecular flexibility index (Phi) is 4.24. The van der Waals surface area contributed by atoms with E-state index in [1.165, 1.54) is 7.11 Å². The standard InChI is InChI=1S/C14H19NO3S/c1-11(15-18-2)12-7-9-14(10-8-12)19(16,17)13-5-3-4-6-13/h7-10,13H,3-6H2,1-2H3/b15-11+. The molecule has 1 saturated carbocycles. The topological polar surface area (TPSA) is 55.7 Å². The van der Waals surface area contributed by atoms with Crippen molar-refractivity contribution in [2.45, 2.75) is 42.8 Å². The van der Waals surface area contributed by atoms with Gasteiger partial charge in [0.05, 0.1) is 15.9 Å². The molecule has 0 spiro atoms. The van der Waals surface area contributed by atoms with Crippen LogP contribution in [0.4, 0.5) is 0 Å². The Morgan fingerprint density at radius 1 is 1.21 bits per heavy atom. The fourth-order valence-corrected chi connectivity index (χ4v) is 4.32. The van der Waals surface area contributed by atoms with Crippen molar-refractivity contribution in [1.29, 1.82) is 0 Å². The molecule has 2 rings (SSSR count). The molecule has 0 unspecified atom stereocenters. The molecule has 1 aliphatic rings. The van der Waals surface area contributed by atoms with Crippen LogP contribution in [0.25, 0.3) is 0 Å². The van der Waals surface area contributed by atoms with Crippen molar-refractivity contribution >= 4 is 15.5 Å². The fraction of sp³-hybridized carbons (Fsp3) is 0.500. The van der Waals surface area contributed by atoms with Gasteiger partial charge in [0, 0.05) is 0 Å². The maximum atomic E-state index is 12.4. The number of nitrogens with zero attached hydrogens (tertiary/aromatic N) is 1. The number of sulfone groups is 1. The summed E-state index contributed by atoms with van der Waals surface area (Å²) in [6.07, 6.45) is 3.60. The maximum Gasteiger partial charge on any atom is 0.181 e. The third-order valence-electron chi connectivity index (χ3n) is 3.57. The number of benzene rings is 1. The van der Waals surface area contributed by atoms with Gasteiger partial charge in [0.1, 0.15) is 7.11 Å². The van der Waals surface area contributed by atoms with Crippen molar-refractivity contribution in [3.63, 3.8) is 0 Å². The molecule has 0 aliphatic heterocycles. The molecule has 5 heteroatoms. The van der Waals surface area contributed by atoms with Crippen LogP contribution in [0, 0.1) is 0 Å². The second-order valence-corrected chi connectivity index (χ2v) is 7.06. The predicted molar refractivity (Wildman–Crippen MR) is 75.1 cm³/mol. The largest absolute Gasteiger partial charge is 0.399 e. The van der Waals surface area contributed by atoms with Crippen LogP contribution in [0.3, 0.4) is 0 Å². The first kappa shape index (κ1) is 14.1. The zero-order chi connectivity index (χ0) is 13.9. The number of hydrogen-bond donors (Lipinski definition) is 0. The quantitative estimate of drug-likeness (QED) is 0.630. The van der Waals surface area contributed by atoms with E-state index < -0.39 is 9.84 Å². The van der Waals surface area contributed by atoms with Gasteiger partial charge in [-0.15, -0.1) is 0 Å². The second kappa shape index (κ2) is 5.74. The minimum Gasteiger partial charge on any atom is -0.399 e. The second-order valence-electron chi connectivity index (χ2n) is 4.84. The van der Waals surface area contributed by atoms with Gasteiger partial charge in [-0.1, -0.05) is 30.1 Å². The zero-order valence-electron chi connectivity index (χ0n) is 11.3. The van der Waals surface area contributed by atoms with Gasteiger partial charge in [-0.25, -0.2) is 8.42 Å². The third-order valence-corrected chi connectivity index (χ3v) is 5.85. The summed E-state index contributed by atoms with van der Waals surface area (Å²) < 4.78 is 24.8. The third kappa shape index (κ3) is 2.97. The lowest BCUT2D eigenvalue weighted by atomic mass is 10.1. The van der Waals surface area contributed by atoms with Gasteiger partial charge < -0.3 is 4.84 Å². The van der Waals surface area contributed by atoms with Crippen molar-refractivity contribution in [3.8, 4) is 0 Å². The first-order valence-electron chi connectivity index (χ1n) is 6.48. The van der Waals surface area contributed by atoms with Crippen LogP contribution < -0.4 is 0 Å². The van der Waals surface area contributed by atoms with Gasteiger partial charge in [0.25, 0.3) is 0 Å². The number of hydrogen-bond acceptors (Lipinski definition) is 4. The molecule has 1 fully saturated rings. The molecule has 19 heavy (non-hydrogen) atoms. The van der Waals surface area contributed by atoms with Crippen LogP contribution in [0.1, 0.15) is 38.2 Å². The molecule has 1 aromatic carbocycles. The Bertz CT molecular complexity index is 555. The van der Waals surface area contributed by atoms with Gasteiger partial charge in [-0.2, -0.15) is 0 Å². The first-order valence-corrected chi connectivity index (χ1v) is 8.02. The maximum absolute atomic E-state index is 12.4. The van der Waals surface area contributed by atoms with Crippen molar-refractivity contribution in [2.75, 3.05) is 7.11 Å². The van der Waals surface area contributed by atoms with Crippen molar-refractivity contribution in [3.05, 3.63) is 29.8 Å². The highest BCUT2D eigenvalue weighted by Gasteiger charge is 2.30. The Balaban J connectivity index is 2.25. The first-order chi connectivity index (χ1) is 9.05. The average Bonchev–Trinajstić information content (AvgIpc) is 2.94. The van der Waals surface area contributed by atoms with Crippen molar-refractivity contribution in [2.24, 2.45) is 5.16 Å². The lowest BCUT2D eigenvalue weighted by molar-refractivity contribution is 0.213. The van der Waals surface area contributed by atoms with E-state index in [2.05, 4.69) is 5.16 Å². The molecule has 104 valence electrons. The van der Waals surface area contributed by atoms with Crippen LogP contribution in [0.15, 0.2) is 34.3 Å². The molecule has 0 atom stereocenters. The normalized spacial score (nSPS) is 17.7. The fourth-order valence-electron chi connectivity index (χ4n) is 2.47. The molecule has 0 amide bonds. The van der Waals surface area contributed by atoms with E-state index in [-0.39, 0.29) is 5.25 Å². The van der Waals surface area contributed by atoms with Crippen molar-refractivity contribution in [1.82, 2.24) is 0 Å². The monoisotopic (exact) mass is 281 g/mol. The Morgan fingerprint density at radius 3 is 2.32 bits per heavy atom. The van der Waals surface area contributed by atoms with Crippen LogP contribution in [0.5, 0.6) is 0 Å².